The first-order valence-electron chi connectivity index (χ1n) is 9.42. The Balaban J connectivity index is 0. The first-order chi connectivity index (χ1) is 10.6. The molecule has 0 fully saturated rings. The molecule has 136 valence electrons. The van der Waals surface area contributed by atoms with Gasteiger partial charge in [-0.2, -0.15) is 0 Å². The largest absolute Gasteiger partial charge is 0.118 e. The molecule has 2 atom stereocenters. The highest BCUT2D eigenvalue weighted by Crippen LogP contribution is 2.39. The van der Waals surface area contributed by atoms with Crippen LogP contribution in [0.1, 0.15) is 105 Å². The fraction of sp³-hybridized carbons (Fsp3) is 0.727. The summed E-state index contributed by atoms with van der Waals surface area (Å²) >= 11 is 0. The predicted octanol–water partition coefficient (Wildman–Crippen LogP) is 8.09. The molecule has 0 saturated carbocycles. The van der Waals surface area contributed by atoms with Crippen LogP contribution in [0.4, 0.5) is 0 Å². The summed E-state index contributed by atoms with van der Waals surface area (Å²) in [7, 11) is 0.986. The highest BCUT2D eigenvalue weighted by atomic mass is 31.1. The zero-order valence-corrected chi connectivity index (χ0v) is 19.0. The Morgan fingerprint density at radius 1 is 0.783 bits per heavy atom. The quantitative estimate of drug-likeness (QED) is 0.488. The van der Waals surface area contributed by atoms with Gasteiger partial charge in [-0.15, -0.1) is 8.58 Å². The SMILES string of the molecule is CC.CC.CCC(PC)c1cc(C(C)(C)C)cc(C(C)(C)C)c1. The molecule has 0 radical (unpaired) electrons. The summed E-state index contributed by atoms with van der Waals surface area (Å²) in [6.07, 6.45) is 1.24. The van der Waals surface area contributed by atoms with Crippen LogP contribution in [-0.4, -0.2) is 6.66 Å². The first kappa shape index (κ1) is 24.9. The number of hydrogen-bond acceptors (Lipinski definition) is 0. The number of rotatable bonds is 3. The third-order valence-electron chi connectivity index (χ3n) is 3.85. The summed E-state index contributed by atoms with van der Waals surface area (Å²) in [5.74, 6) is 0. The van der Waals surface area contributed by atoms with Crippen LogP contribution >= 0.6 is 8.58 Å². The van der Waals surface area contributed by atoms with E-state index in [1.54, 1.807) is 5.56 Å². The van der Waals surface area contributed by atoms with Crippen LogP contribution in [0.2, 0.25) is 0 Å². The Morgan fingerprint density at radius 2 is 1.13 bits per heavy atom. The van der Waals surface area contributed by atoms with Gasteiger partial charge in [0.15, 0.2) is 0 Å². The minimum atomic E-state index is 0.227. The van der Waals surface area contributed by atoms with Crippen molar-refractivity contribution in [3.8, 4) is 0 Å². The lowest BCUT2D eigenvalue weighted by molar-refractivity contribution is 0.566. The molecular weight excluding hydrogens is 295 g/mol. The van der Waals surface area contributed by atoms with Gasteiger partial charge in [0, 0.05) is 5.66 Å². The molecule has 0 nitrogen and oxygen atoms in total. The molecule has 1 heteroatoms. The average Bonchev–Trinajstić information content (AvgIpc) is 2.50. The van der Waals surface area contributed by atoms with Gasteiger partial charge in [0.25, 0.3) is 0 Å². The summed E-state index contributed by atoms with van der Waals surface area (Å²) in [4.78, 5) is 0. The van der Waals surface area contributed by atoms with E-state index in [1.165, 1.54) is 17.5 Å². The van der Waals surface area contributed by atoms with E-state index >= 15 is 0 Å². The molecular formula is C22H43P. The molecule has 0 heterocycles. The molecule has 0 aliphatic heterocycles. The van der Waals surface area contributed by atoms with E-state index in [1.807, 2.05) is 27.7 Å². The Kier molecular flexibility index (Phi) is 12.2. The van der Waals surface area contributed by atoms with Crippen LogP contribution in [0.25, 0.3) is 0 Å². The van der Waals surface area contributed by atoms with Gasteiger partial charge in [0.2, 0.25) is 0 Å². The maximum atomic E-state index is 2.44. The molecule has 0 amide bonds. The molecule has 0 aromatic heterocycles. The van der Waals surface area contributed by atoms with E-state index < -0.39 is 0 Å². The van der Waals surface area contributed by atoms with Gasteiger partial charge in [-0.1, -0.05) is 94.4 Å². The van der Waals surface area contributed by atoms with Crippen molar-refractivity contribution < 1.29 is 0 Å². The van der Waals surface area contributed by atoms with Gasteiger partial charge < -0.3 is 0 Å². The smallest absolute Gasteiger partial charge is 0.000908 e. The van der Waals surface area contributed by atoms with E-state index in [2.05, 4.69) is 73.3 Å². The molecule has 1 aromatic carbocycles. The third kappa shape index (κ3) is 8.35. The van der Waals surface area contributed by atoms with Gasteiger partial charge >= 0.3 is 0 Å². The first-order valence-corrected chi connectivity index (χ1v) is 11.0. The lowest BCUT2D eigenvalue weighted by Crippen LogP contribution is -2.17. The minimum Gasteiger partial charge on any atom is -0.118 e. The minimum absolute atomic E-state index is 0.227. The van der Waals surface area contributed by atoms with Gasteiger partial charge in [0.1, 0.15) is 0 Å². The second-order valence-electron chi connectivity index (χ2n) is 7.59. The lowest BCUT2D eigenvalue weighted by Gasteiger charge is -2.28. The van der Waals surface area contributed by atoms with Gasteiger partial charge in [-0.3, -0.25) is 0 Å². The molecule has 0 aliphatic rings. The van der Waals surface area contributed by atoms with Crippen LogP contribution in [0.15, 0.2) is 18.2 Å². The molecule has 0 aliphatic carbocycles. The fourth-order valence-electron chi connectivity index (χ4n) is 2.33. The number of hydrogen-bond donors (Lipinski definition) is 0. The highest BCUT2D eigenvalue weighted by Gasteiger charge is 2.21. The Labute approximate surface area is 149 Å². The van der Waals surface area contributed by atoms with Crippen molar-refractivity contribution in [1.29, 1.82) is 0 Å². The summed E-state index contributed by atoms with van der Waals surface area (Å²) < 4.78 is 0. The molecule has 0 bridgehead atoms. The van der Waals surface area contributed by atoms with E-state index in [0.717, 1.165) is 14.2 Å². The average molecular weight is 339 g/mol. The second-order valence-corrected chi connectivity index (χ2v) is 8.87. The fourth-order valence-corrected chi connectivity index (χ4v) is 3.23. The van der Waals surface area contributed by atoms with Crippen molar-refractivity contribution >= 4 is 8.58 Å². The Hall–Kier alpha value is -0.350. The van der Waals surface area contributed by atoms with E-state index in [9.17, 15) is 0 Å². The van der Waals surface area contributed by atoms with Crippen molar-refractivity contribution in [2.45, 2.75) is 99.1 Å². The predicted molar refractivity (Wildman–Crippen MR) is 114 cm³/mol. The molecule has 0 saturated heterocycles. The maximum Gasteiger partial charge on any atom is 0.000908 e. The van der Waals surface area contributed by atoms with Crippen molar-refractivity contribution in [1.82, 2.24) is 0 Å². The molecule has 2 unspecified atom stereocenters. The van der Waals surface area contributed by atoms with Crippen molar-refractivity contribution in [3.63, 3.8) is 0 Å². The van der Waals surface area contributed by atoms with Crippen LogP contribution in [0, 0.1) is 0 Å². The zero-order valence-electron chi connectivity index (χ0n) is 18.0. The van der Waals surface area contributed by atoms with Crippen LogP contribution in [0.3, 0.4) is 0 Å². The van der Waals surface area contributed by atoms with E-state index in [-0.39, 0.29) is 10.8 Å². The standard InChI is InChI=1S/C18H31P.2C2H6/c1-9-16(19-8)13-10-14(17(2,3)4)12-15(11-13)18(5,6)7;2*1-2/h10-12,16,19H,9H2,1-8H3;2*1-2H3. The molecule has 1 rings (SSSR count). The Morgan fingerprint density at radius 3 is 1.35 bits per heavy atom. The van der Waals surface area contributed by atoms with Crippen LogP contribution in [0.5, 0.6) is 0 Å². The summed E-state index contributed by atoms with van der Waals surface area (Å²) in [6.45, 7) is 26.5. The third-order valence-corrected chi connectivity index (χ3v) is 5.28. The van der Waals surface area contributed by atoms with Crippen molar-refractivity contribution in [2.24, 2.45) is 0 Å². The van der Waals surface area contributed by atoms with E-state index in [0.29, 0.717) is 0 Å². The number of benzene rings is 1. The van der Waals surface area contributed by atoms with Gasteiger partial charge in [-0.25, -0.2) is 0 Å². The van der Waals surface area contributed by atoms with Crippen LogP contribution < -0.4 is 0 Å². The Bertz CT molecular complexity index is 382. The maximum absolute atomic E-state index is 2.44. The van der Waals surface area contributed by atoms with Gasteiger partial charge in [-0.05, 0) is 40.6 Å². The molecule has 1 aromatic rings. The second kappa shape index (κ2) is 11.2. The summed E-state index contributed by atoms with van der Waals surface area (Å²) in [5.41, 5.74) is 5.68. The van der Waals surface area contributed by atoms with Crippen LogP contribution in [-0.2, 0) is 10.8 Å². The molecule has 23 heavy (non-hydrogen) atoms. The topological polar surface area (TPSA) is 0 Å². The lowest BCUT2D eigenvalue weighted by atomic mass is 9.79. The normalized spacial score (nSPS) is 13.0. The summed E-state index contributed by atoms with van der Waals surface area (Å²) in [5, 5.41) is 0. The highest BCUT2D eigenvalue weighted by molar-refractivity contribution is 7.37. The van der Waals surface area contributed by atoms with E-state index in [4.69, 9.17) is 0 Å². The molecule has 0 N–H and O–H groups in total. The summed E-state index contributed by atoms with van der Waals surface area (Å²) in [6, 6.07) is 7.30. The van der Waals surface area contributed by atoms with Crippen molar-refractivity contribution in [3.05, 3.63) is 34.9 Å². The monoisotopic (exact) mass is 338 g/mol. The zero-order chi connectivity index (χ0) is 18.8. The molecule has 0 spiro atoms. The van der Waals surface area contributed by atoms with Crippen molar-refractivity contribution in [2.75, 3.05) is 6.66 Å². The van der Waals surface area contributed by atoms with Gasteiger partial charge in [0.05, 0.1) is 0 Å².